The lowest BCUT2D eigenvalue weighted by Crippen LogP contribution is -2.17. The maximum atomic E-state index is 13.5. The van der Waals surface area contributed by atoms with Crippen LogP contribution in [0.2, 0.25) is 0 Å². The van der Waals surface area contributed by atoms with E-state index in [2.05, 4.69) is 15.6 Å². The third kappa shape index (κ3) is 3.34. The highest BCUT2D eigenvalue weighted by Crippen LogP contribution is 2.20. The van der Waals surface area contributed by atoms with Crippen LogP contribution in [-0.4, -0.2) is 17.4 Å². The number of hydrogen-bond donors (Lipinski definition) is 2. The number of amides is 1. The first-order chi connectivity index (χ1) is 10.0. The van der Waals surface area contributed by atoms with Crippen LogP contribution in [0.4, 0.5) is 20.3 Å². The van der Waals surface area contributed by atoms with Gasteiger partial charge in [0.1, 0.15) is 17.5 Å². The van der Waals surface area contributed by atoms with Crippen LogP contribution in [0.1, 0.15) is 22.8 Å². The van der Waals surface area contributed by atoms with Crippen LogP contribution in [0.5, 0.6) is 0 Å². The second-order valence-electron chi connectivity index (χ2n) is 4.45. The van der Waals surface area contributed by atoms with Crippen molar-refractivity contribution in [1.29, 1.82) is 0 Å². The van der Waals surface area contributed by atoms with Crippen molar-refractivity contribution in [3.05, 3.63) is 53.2 Å². The van der Waals surface area contributed by atoms with Gasteiger partial charge in [0, 0.05) is 17.8 Å². The predicted octanol–water partition coefficient (Wildman–Crippen LogP) is 3.35. The molecule has 0 aliphatic rings. The minimum absolute atomic E-state index is 0.0699. The molecule has 1 aromatic heterocycles. The highest BCUT2D eigenvalue weighted by atomic mass is 19.1. The molecule has 1 aromatic carbocycles. The van der Waals surface area contributed by atoms with Gasteiger partial charge in [-0.3, -0.25) is 4.79 Å². The normalized spacial score (nSPS) is 10.3. The van der Waals surface area contributed by atoms with E-state index in [4.69, 9.17) is 0 Å². The van der Waals surface area contributed by atoms with Crippen LogP contribution >= 0.6 is 0 Å². The summed E-state index contributed by atoms with van der Waals surface area (Å²) in [7, 11) is 0. The number of nitrogens with one attached hydrogen (secondary N) is 2. The molecule has 4 nitrogen and oxygen atoms in total. The highest BCUT2D eigenvalue weighted by Gasteiger charge is 2.15. The number of carbonyl (C=O) groups is 1. The third-order valence-electron chi connectivity index (χ3n) is 2.96. The summed E-state index contributed by atoms with van der Waals surface area (Å²) in [5.74, 6) is -1.30. The second-order valence-corrected chi connectivity index (χ2v) is 4.45. The molecule has 0 aliphatic heterocycles. The summed E-state index contributed by atoms with van der Waals surface area (Å²) < 4.78 is 26.8. The second kappa shape index (κ2) is 6.30. The Morgan fingerprint density at radius 2 is 2.10 bits per heavy atom. The molecule has 0 atom stereocenters. The number of carbonyl (C=O) groups excluding carboxylic acids is 1. The summed E-state index contributed by atoms with van der Waals surface area (Å²) in [5.41, 5.74) is 0.729. The van der Waals surface area contributed by atoms with Gasteiger partial charge in [0.15, 0.2) is 0 Å². The van der Waals surface area contributed by atoms with Crippen LogP contribution in [0.15, 0.2) is 30.5 Å². The number of anilines is 2. The van der Waals surface area contributed by atoms with Crippen LogP contribution < -0.4 is 10.6 Å². The topological polar surface area (TPSA) is 54.0 Å². The van der Waals surface area contributed by atoms with E-state index in [0.717, 1.165) is 12.3 Å². The number of halogens is 2. The molecule has 21 heavy (non-hydrogen) atoms. The highest BCUT2D eigenvalue weighted by molar-refractivity contribution is 6.07. The van der Waals surface area contributed by atoms with Gasteiger partial charge in [0.2, 0.25) is 0 Å². The molecular weight excluding hydrogens is 276 g/mol. The van der Waals surface area contributed by atoms with Gasteiger partial charge < -0.3 is 10.6 Å². The Morgan fingerprint density at radius 3 is 2.81 bits per heavy atom. The van der Waals surface area contributed by atoms with E-state index >= 15 is 0 Å². The van der Waals surface area contributed by atoms with Crippen molar-refractivity contribution in [3.63, 3.8) is 0 Å². The zero-order valence-corrected chi connectivity index (χ0v) is 11.7. The number of pyridine rings is 1. The van der Waals surface area contributed by atoms with Crippen LogP contribution in [-0.2, 0) is 0 Å². The van der Waals surface area contributed by atoms with Crippen molar-refractivity contribution in [2.75, 3.05) is 17.2 Å². The van der Waals surface area contributed by atoms with Crippen LogP contribution in [0, 0.1) is 18.6 Å². The lowest BCUT2D eigenvalue weighted by molar-refractivity contribution is 0.102. The average molecular weight is 291 g/mol. The first kappa shape index (κ1) is 14.9. The number of aromatic nitrogens is 1. The van der Waals surface area contributed by atoms with Crippen molar-refractivity contribution in [3.8, 4) is 0 Å². The standard InChI is InChI=1S/C15H15F2N3O/c1-3-18-14-11(7-10(16)8-19-14)15(21)20-13-6-4-5-12(17)9(13)2/h4-8H,3H2,1-2H3,(H,18,19)(H,20,21). The molecule has 0 bridgehead atoms. The van der Waals surface area contributed by atoms with Crippen molar-refractivity contribution < 1.29 is 13.6 Å². The molecule has 0 fully saturated rings. The Labute approximate surface area is 121 Å². The summed E-state index contributed by atoms with van der Waals surface area (Å²) in [6.07, 6.45) is 1.03. The molecule has 0 unspecified atom stereocenters. The quantitative estimate of drug-likeness (QED) is 0.908. The zero-order chi connectivity index (χ0) is 15.4. The van der Waals surface area contributed by atoms with Gasteiger partial charge in [-0.25, -0.2) is 13.8 Å². The largest absolute Gasteiger partial charge is 0.370 e. The number of rotatable bonds is 4. The van der Waals surface area contributed by atoms with E-state index in [-0.39, 0.29) is 11.4 Å². The van der Waals surface area contributed by atoms with E-state index in [0.29, 0.717) is 17.8 Å². The number of nitrogens with zero attached hydrogens (tertiary/aromatic N) is 1. The first-order valence-corrected chi connectivity index (χ1v) is 6.48. The fourth-order valence-corrected chi connectivity index (χ4v) is 1.85. The van der Waals surface area contributed by atoms with Crippen molar-refractivity contribution >= 4 is 17.4 Å². The predicted molar refractivity (Wildman–Crippen MR) is 77.4 cm³/mol. The van der Waals surface area contributed by atoms with Crippen molar-refractivity contribution in [1.82, 2.24) is 4.98 Å². The molecule has 6 heteroatoms. The summed E-state index contributed by atoms with van der Waals surface area (Å²) in [6.45, 7) is 3.93. The summed E-state index contributed by atoms with van der Waals surface area (Å²) in [4.78, 5) is 16.1. The SMILES string of the molecule is CCNc1ncc(F)cc1C(=O)Nc1cccc(F)c1C. The smallest absolute Gasteiger partial charge is 0.259 e. The monoisotopic (exact) mass is 291 g/mol. The van der Waals surface area contributed by atoms with Crippen molar-refractivity contribution in [2.45, 2.75) is 13.8 Å². The third-order valence-corrected chi connectivity index (χ3v) is 2.96. The molecule has 0 aliphatic carbocycles. The minimum Gasteiger partial charge on any atom is -0.370 e. The van der Waals surface area contributed by atoms with Gasteiger partial charge >= 0.3 is 0 Å². The summed E-state index contributed by atoms with van der Waals surface area (Å²) in [6, 6.07) is 5.47. The Bertz CT molecular complexity index is 674. The fourth-order valence-electron chi connectivity index (χ4n) is 1.85. The van der Waals surface area contributed by atoms with Gasteiger partial charge in [0.05, 0.1) is 11.8 Å². The lowest BCUT2D eigenvalue weighted by Gasteiger charge is -2.12. The first-order valence-electron chi connectivity index (χ1n) is 6.48. The van der Waals surface area contributed by atoms with Crippen molar-refractivity contribution in [2.24, 2.45) is 0 Å². The maximum absolute atomic E-state index is 13.5. The van der Waals surface area contributed by atoms with E-state index in [1.165, 1.54) is 12.1 Å². The van der Waals surface area contributed by atoms with Gasteiger partial charge in [-0.2, -0.15) is 0 Å². The molecule has 1 amide bonds. The molecule has 0 saturated carbocycles. The zero-order valence-electron chi connectivity index (χ0n) is 11.7. The van der Waals surface area contributed by atoms with Gasteiger partial charge in [-0.1, -0.05) is 6.07 Å². The molecule has 110 valence electrons. The van der Waals surface area contributed by atoms with Crippen LogP contribution in [0.25, 0.3) is 0 Å². The van der Waals surface area contributed by atoms with E-state index in [1.807, 2.05) is 6.92 Å². The molecule has 0 radical (unpaired) electrons. The Hall–Kier alpha value is -2.50. The van der Waals surface area contributed by atoms with Gasteiger partial charge in [-0.05, 0) is 32.0 Å². The molecule has 2 rings (SSSR count). The molecule has 2 N–H and O–H groups in total. The molecule has 0 saturated heterocycles. The minimum atomic E-state index is -0.613. The van der Waals surface area contributed by atoms with E-state index < -0.39 is 17.5 Å². The van der Waals surface area contributed by atoms with Crippen LogP contribution in [0.3, 0.4) is 0 Å². The maximum Gasteiger partial charge on any atom is 0.259 e. The molecular formula is C15H15F2N3O. The summed E-state index contributed by atoms with van der Waals surface area (Å²) in [5, 5.41) is 5.45. The van der Waals surface area contributed by atoms with Gasteiger partial charge in [-0.15, -0.1) is 0 Å². The Morgan fingerprint density at radius 1 is 1.33 bits per heavy atom. The summed E-state index contributed by atoms with van der Waals surface area (Å²) >= 11 is 0. The molecule has 0 spiro atoms. The lowest BCUT2D eigenvalue weighted by atomic mass is 10.1. The molecule has 1 heterocycles. The fraction of sp³-hybridized carbons (Fsp3) is 0.200. The average Bonchev–Trinajstić information content (AvgIpc) is 2.46. The Kier molecular flexibility index (Phi) is 4.47. The molecule has 2 aromatic rings. The Balaban J connectivity index is 2.32. The number of benzene rings is 1. The van der Waals surface area contributed by atoms with E-state index in [9.17, 15) is 13.6 Å². The van der Waals surface area contributed by atoms with Gasteiger partial charge in [0.25, 0.3) is 5.91 Å². The van der Waals surface area contributed by atoms with E-state index in [1.54, 1.807) is 13.0 Å². The number of hydrogen-bond acceptors (Lipinski definition) is 3.